The van der Waals surface area contributed by atoms with Crippen LogP contribution in [0.15, 0.2) is 15.3 Å². The number of rotatable bonds is 1. The maximum Gasteiger partial charge on any atom is 0.573 e. The molecular formula is C7H4Br2F3NO. The third kappa shape index (κ3) is 2.84. The number of alkyl halides is 3. The van der Waals surface area contributed by atoms with Crippen LogP contribution in [-0.2, 0) is 0 Å². The highest BCUT2D eigenvalue weighted by atomic mass is 79.9. The lowest BCUT2D eigenvalue weighted by Crippen LogP contribution is -2.18. The van der Waals surface area contributed by atoms with Gasteiger partial charge in [-0.15, -0.1) is 13.2 Å². The van der Waals surface area contributed by atoms with Crippen LogP contribution in [0.2, 0.25) is 0 Å². The molecule has 7 heteroatoms. The van der Waals surface area contributed by atoms with E-state index >= 15 is 0 Å². The van der Waals surface area contributed by atoms with Crippen molar-refractivity contribution in [2.45, 2.75) is 13.3 Å². The van der Waals surface area contributed by atoms with Crippen molar-refractivity contribution in [3.63, 3.8) is 0 Å². The number of hydrogen-bond acceptors (Lipinski definition) is 2. The van der Waals surface area contributed by atoms with Crippen molar-refractivity contribution in [2.75, 3.05) is 0 Å². The van der Waals surface area contributed by atoms with E-state index in [0.29, 0.717) is 10.0 Å². The van der Waals surface area contributed by atoms with E-state index in [1.165, 1.54) is 13.1 Å². The molecule has 0 aliphatic carbocycles. The van der Waals surface area contributed by atoms with Crippen LogP contribution in [0.4, 0.5) is 13.2 Å². The van der Waals surface area contributed by atoms with Gasteiger partial charge in [0.05, 0.1) is 0 Å². The van der Waals surface area contributed by atoms with Gasteiger partial charge in [0, 0.05) is 16.2 Å². The average Bonchev–Trinajstić information content (AvgIpc) is 2.04. The molecule has 0 aliphatic rings. The smallest absolute Gasteiger partial charge is 0.403 e. The Bertz CT molecular complexity index is 354. The molecule has 0 fully saturated rings. The van der Waals surface area contributed by atoms with Crippen LogP contribution in [0.1, 0.15) is 5.56 Å². The lowest BCUT2D eigenvalue weighted by molar-refractivity contribution is -0.275. The van der Waals surface area contributed by atoms with E-state index in [2.05, 4.69) is 41.6 Å². The third-order valence-electron chi connectivity index (χ3n) is 1.40. The molecular weight excluding hydrogens is 331 g/mol. The largest absolute Gasteiger partial charge is 0.573 e. The Morgan fingerprint density at radius 3 is 2.43 bits per heavy atom. The lowest BCUT2D eigenvalue weighted by atomic mass is 10.3. The minimum atomic E-state index is -4.71. The SMILES string of the molecule is Cc1c(Br)cnc(Br)c1OC(F)(F)F. The molecule has 0 radical (unpaired) electrons. The summed E-state index contributed by atoms with van der Waals surface area (Å²) < 4.78 is 40.1. The zero-order valence-corrected chi connectivity index (χ0v) is 9.99. The quantitative estimate of drug-likeness (QED) is 0.728. The highest BCUT2D eigenvalue weighted by Gasteiger charge is 2.33. The Morgan fingerprint density at radius 1 is 1.36 bits per heavy atom. The van der Waals surface area contributed by atoms with Gasteiger partial charge in [-0.3, -0.25) is 0 Å². The van der Waals surface area contributed by atoms with Gasteiger partial charge >= 0.3 is 6.36 Å². The third-order valence-corrected chi connectivity index (χ3v) is 2.76. The molecule has 1 heterocycles. The van der Waals surface area contributed by atoms with Crippen LogP contribution in [-0.4, -0.2) is 11.3 Å². The van der Waals surface area contributed by atoms with Crippen molar-refractivity contribution >= 4 is 31.9 Å². The zero-order chi connectivity index (χ0) is 10.9. The molecule has 0 saturated carbocycles. The highest BCUT2D eigenvalue weighted by Crippen LogP contribution is 2.35. The van der Waals surface area contributed by atoms with Gasteiger partial charge in [0.25, 0.3) is 0 Å². The minimum absolute atomic E-state index is 0.0236. The molecule has 0 atom stereocenters. The van der Waals surface area contributed by atoms with Crippen molar-refractivity contribution < 1.29 is 17.9 Å². The highest BCUT2D eigenvalue weighted by molar-refractivity contribution is 9.11. The summed E-state index contributed by atoms with van der Waals surface area (Å²) in [6, 6.07) is 0. The summed E-state index contributed by atoms with van der Waals surface area (Å²) in [4.78, 5) is 3.67. The first-order chi connectivity index (χ1) is 6.31. The van der Waals surface area contributed by atoms with Crippen molar-refractivity contribution in [2.24, 2.45) is 0 Å². The van der Waals surface area contributed by atoms with E-state index in [9.17, 15) is 13.2 Å². The van der Waals surface area contributed by atoms with Crippen molar-refractivity contribution in [3.8, 4) is 5.75 Å². The number of hydrogen-bond donors (Lipinski definition) is 0. The normalized spacial score (nSPS) is 11.6. The molecule has 1 aromatic rings. The van der Waals surface area contributed by atoms with Gasteiger partial charge in [-0.2, -0.15) is 0 Å². The Labute approximate surface area is 94.7 Å². The Morgan fingerprint density at radius 2 is 1.93 bits per heavy atom. The summed E-state index contributed by atoms with van der Waals surface area (Å²) in [5, 5.41) is 0. The van der Waals surface area contributed by atoms with E-state index < -0.39 is 6.36 Å². The van der Waals surface area contributed by atoms with Gasteiger partial charge in [-0.25, -0.2) is 4.98 Å². The Hall–Kier alpha value is -0.300. The average molecular weight is 335 g/mol. The molecule has 78 valence electrons. The summed E-state index contributed by atoms with van der Waals surface area (Å²) in [6.45, 7) is 1.50. The Kier molecular flexibility index (Phi) is 3.41. The number of nitrogens with zero attached hydrogens (tertiary/aromatic N) is 1. The second-order valence-electron chi connectivity index (χ2n) is 2.40. The molecule has 0 N–H and O–H groups in total. The summed E-state index contributed by atoms with van der Waals surface area (Å²) in [5.41, 5.74) is 0.337. The summed E-state index contributed by atoms with van der Waals surface area (Å²) in [5.74, 6) is -0.327. The fourth-order valence-corrected chi connectivity index (χ4v) is 1.53. The van der Waals surface area contributed by atoms with E-state index in [4.69, 9.17) is 0 Å². The maximum atomic E-state index is 11.9. The van der Waals surface area contributed by atoms with Crippen LogP contribution in [0.25, 0.3) is 0 Å². The van der Waals surface area contributed by atoms with E-state index in [0.717, 1.165) is 0 Å². The van der Waals surface area contributed by atoms with Crippen LogP contribution in [0, 0.1) is 6.92 Å². The summed E-state index contributed by atoms with van der Waals surface area (Å²) in [6.07, 6.45) is -3.32. The van der Waals surface area contributed by atoms with Gasteiger partial charge in [0.15, 0.2) is 5.75 Å². The first-order valence-corrected chi connectivity index (χ1v) is 4.96. The van der Waals surface area contributed by atoms with Gasteiger partial charge < -0.3 is 4.74 Å². The molecule has 1 rings (SSSR count). The van der Waals surface area contributed by atoms with Gasteiger partial charge in [0.2, 0.25) is 0 Å². The van der Waals surface area contributed by atoms with Crippen molar-refractivity contribution in [1.29, 1.82) is 0 Å². The van der Waals surface area contributed by atoms with Gasteiger partial charge in [-0.1, -0.05) is 0 Å². The van der Waals surface area contributed by atoms with E-state index in [-0.39, 0.29) is 10.4 Å². The second kappa shape index (κ2) is 4.06. The molecule has 2 nitrogen and oxygen atoms in total. The first-order valence-electron chi connectivity index (χ1n) is 3.37. The van der Waals surface area contributed by atoms with Crippen LogP contribution in [0.5, 0.6) is 5.75 Å². The molecule has 0 aromatic carbocycles. The monoisotopic (exact) mass is 333 g/mol. The molecule has 0 saturated heterocycles. The number of halogens is 5. The minimum Gasteiger partial charge on any atom is -0.403 e. The molecule has 1 aromatic heterocycles. The van der Waals surface area contributed by atoms with Crippen molar-refractivity contribution in [1.82, 2.24) is 4.98 Å². The Balaban J connectivity index is 3.13. The van der Waals surface area contributed by atoms with E-state index in [1.54, 1.807) is 0 Å². The summed E-state index contributed by atoms with van der Waals surface area (Å²) >= 11 is 5.93. The zero-order valence-electron chi connectivity index (χ0n) is 6.82. The molecule has 0 unspecified atom stereocenters. The van der Waals surface area contributed by atoms with Gasteiger partial charge in [-0.05, 0) is 38.8 Å². The predicted octanol–water partition coefficient (Wildman–Crippen LogP) is 3.81. The fraction of sp³-hybridized carbons (Fsp3) is 0.286. The first kappa shape index (κ1) is 11.8. The van der Waals surface area contributed by atoms with Crippen LogP contribution in [0.3, 0.4) is 0 Å². The van der Waals surface area contributed by atoms with E-state index in [1.807, 2.05) is 0 Å². The molecule has 0 spiro atoms. The molecule has 0 amide bonds. The number of aromatic nitrogens is 1. The molecule has 14 heavy (non-hydrogen) atoms. The fourth-order valence-electron chi connectivity index (χ4n) is 0.766. The van der Waals surface area contributed by atoms with Crippen LogP contribution >= 0.6 is 31.9 Å². The molecule has 0 aliphatic heterocycles. The lowest BCUT2D eigenvalue weighted by Gasteiger charge is -2.12. The summed E-state index contributed by atoms with van der Waals surface area (Å²) in [7, 11) is 0. The molecule has 0 bridgehead atoms. The number of pyridine rings is 1. The van der Waals surface area contributed by atoms with Crippen molar-refractivity contribution in [3.05, 3.63) is 20.8 Å². The maximum absolute atomic E-state index is 11.9. The number of ether oxygens (including phenoxy) is 1. The predicted molar refractivity (Wildman–Crippen MR) is 51.1 cm³/mol. The second-order valence-corrected chi connectivity index (χ2v) is 4.00. The standard InChI is InChI=1S/C7H4Br2F3NO/c1-3-4(8)2-13-6(9)5(3)14-7(10,11)12/h2H,1H3. The van der Waals surface area contributed by atoms with Crippen LogP contribution < -0.4 is 4.74 Å². The topological polar surface area (TPSA) is 22.1 Å². The van der Waals surface area contributed by atoms with Gasteiger partial charge in [0.1, 0.15) is 4.60 Å².